The SMILES string of the molecule is C/C=C/C=N\NC(=O)C[C@@H](NC(=O)c1ccccc1)c1ccccc1. The van der Waals surface area contributed by atoms with Crippen LogP contribution in [-0.2, 0) is 4.79 Å². The predicted molar refractivity (Wildman–Crippen MR) is 99.2 cm³/mol. The molecule has 0 aromatic heterocycles. The second-order valence-electron chi connectivity index (χ2n) is 5.35. The highest BCUT2D eigenvalue weighted by Gasteiger charge is 2.18. The van der Waals surface area contributed by atoms with E-state index in [0.717, 1.165) is 5.56 Å². The van der Waals surface area contributed by atoms with Crippen LogP contribution in [0.3, 0.4) is 0 Å². The van der Waals surface area contributed by atoms with E-state index in [1.165, 1.54) is 6.21 Å². The van der Waals surface area contributed by atoms with Gasteiger partial charge in [-0.05, 0) is 30.7 Å². The van der Waals surface area contributed by atoms with Gasteiger partial charge in [-0.1, -0.05) is 54.6 Å². The lowest BCUT2D eigenvalue weighted by Crippen LogP contribution is -2.32. The maximum atomic E-state index is 12.4. The maximum Gasteiger partial charge on any atom is 0.251 e. The molecule has 0 heterocycles. The highest BCUT2D eigenvalue weighted by Crippen LogP contribution is 2.17. The Bertz CT molecular complexity index is 740. The van der Waals surface area contributed by atoms with Crippen LogP contribution in [0, 0.1) is 0 Å². The fourth-order valence-corrected chi connectivity index (χ4v) is 2.24. The number of hydrogen-bond donors (Lipinski definition) is 2. The predicted octanol–water partition coefficient (Wildman–Crippen LogP) is 3.23. The van der Waals surface area contributed by atoms with Crippen LogP contribution in [0.4, 0.5) is 0 Å². The van der Waals surface area contributed by atoms with E-state index in [1.807, 2.05) is 49.4 Å². The normalized spacial score (nSPS) is 12.2. The van der Waals surface area contributed by atoms with Gasteiger partial charge < -0.3 is 5.32 Å². The molecule has 5 nitrogen and oxygen atoms in total. The van der Waals surface area contributed by atoms with Crippen molar-refractivity contribution in [2.45, 2.75) is 19.4 Å². The summed E-state index contributed by atoms with van der Waals surface area (Å²) in [4.78, 5) is 24.5. The first-order valence-corrected chi connectivity index (χ1v) is 8.04. The molecule has 1 atom stereocenters. The van der Waals surface area contributed by atoms with Crippen molar-refractivity contribution in [3.05, 3.63) is 83.9 Å². The molecular formula is C20H21N3O2. The van der Waals surface area contributed by atoms with E-state index in [4.69, 9.17) is 0 Å². The Labute approximate surface area is 147 Å². The fraction of sp³-hybridized carbons (Fsp3) is 0.150. The van der Waals surface area contributed by atoms with Gasteiger partial charge in [0.15, 0.2) is 0 Å². The third-order valence-corrected chi connectivity index (χ3v) is 3.48. The molecular weight excluding hydrogens is 314 g/mol. The molecule has 0 spiro atoms. The summed E-state index contributed by atoms with van der Waals surface area (Å²) in [6.07, 6.45) is 5.11. The first-order valence-electron chi connectivity index (χ1n) is 8.04. The molecule has 2 N–H and O–H groups in total. The van der Waals surface area contributed by atoms with Gasteiger partial charge in [0.25, 0.3) is 5.91 Å². The number of nitrogens with one attached hydrogen (secondary N) is 2. The van der Waals surface area contributed by atoms with Gasteiger partial charge in [0.2, 0.25) is 5.91 Å². The summed E-state index contributed by atoms with van der Waals surface area (Å²) < 4.78 is 0. The molecule has 0 aliphatic heterocycles. The van der Waals surface area contributed by atoms with Gasteiger partial charge in [0, 0.05) is 11.8 Å². The van der Waals surface area contributed by atoms with E-state index in [2.05, 4.69) is 15.8 Å². The number of hydrogen-bond acceptors (Lipinski definition) is 3. The van der Waals surface area contributed by atoms with Crippen molar-refractivity contribution in [2.24, 2.45) is 5.10 Å². The van der Waals surface area contributed by atoms with Gasteiger partial charge in [0.05, 0.1) is 12.5 Å². The van der Waals surface area contributed by atoms with Crippen LogP contribution in [0.1, 0.15) is 35.3 Å². The van der Waals surface area contributed by atoms with E-state index in [-0.39, 0.29) is 18.2 Å². The standard InChI is InChI=1S/C20H21N3O2/c1-2-3-14-21-23-19(24)15-18(16-10-6-4-7-11-16)22-20(25)17-12-8-5-9-13-17/h2-14,18H,15H2,1H3,(H,22,25)(H,23,24)/b3-2+,21-14-/t18-/m1/s1. The molecule has 128 valence electrons. The van der Waals surface area contributed by atoms with Crippen molar-refractivity contribution in [3.63, 3.8) is 0 Å². The zero-order valence-corrected chi connectivity index (χ0v) is 14.1. The smallest absolute Gasteiger partial charge is 0.251 e. The topological polar surface area (TPSA) is 70.6 Å². The molecule has 2 rings (SSSR count). The van der Waals surface area contributed by atoms with Crippen molar-refractivity contribution < 1.29 is 9.59 Å². The Morgan fingerprint density at radius 3 is 2.32 bits per heavy atom. The summed E-state index contributed by atoms with van der Waals surface area (Å²) in [6, 6.07) is 17.9. The molecule has 0 bridgehead atoms. The van der Waals surface area contributed by atoms with Crippen LogP contribution < -0.4 is 10.7 Å². The number of rotatable bonds is 7. The van der Waals surface area contributed by atoms with Crippen LogP contribution in [0.2, 0.25) is 0 Å². The Hall–Kier alpha value is -3.21. The van der Waals surface area contributed by atoms with Crippen molar-refractivity contribution >= 4 is 18.0 Å². The maximum absolute atomic E-state index is 12.4. The number of hydrazone groups is 1. The molecule has 0 aliphatic carbocycles. The number of nitrogens with zero attached hydrogens (tertiary/aromatic N) is 1. The van der Waals surface area contributed by atoms with E-state index in [9.17, 15) is 9.59 Å². The van der Waals surface area contributed by atoms with Crippen LogP contribution in [-0.4, -0.2) is 18.0 Å². The Morgan fingerprint density at radius 2 is 1.68 bits per heavy atom. The van der Waals surface area contributed by atoms with E-state index in [1.54, 1.807) is 30.3 Å². The molecule has 0 aliphatic rings. The zero-order chi connectivity index (χ0) is 17.9. The highest BCUT2D eigenvalue weighted by atomic mass is 16.2. The average Bonchev–Trinajstić information content (AvgIpc) is 2.66. The van der Waals surface area contributed by atoms with E-state index >= 15 is 0 Å². The summed E-state index contributed by atoms with van der Waals surface area (Å²) >= 11 is 0. The Morgan fingerprint density at radius 1 is 1.04 bits per heavy atom. The summed E-state index contributed by atoms with van der Waals surface area (Å²) in [5.41, 5.74) is 3.87. The largest absolute Gasteiger partial charge is 0.345 e. The highest BCUT2D eigenvalue weighted by molar-refractivity contribution is 5.94. The molecule has 2 aromatic carbocycles. The Kier molecular flexibility index (Phi) is 7.13. The molecule has 5 heteroatoms. The van der Waals surface area contributed by atoms with Gasteiger partial charge in [-0.2, -0.15) is 5.10 Å². The lowest BCUT2D eigenvalue weighted by Gasteiger charge is -2.18. The van der Waals surface area contributed by atoms with Crippen molar-refractivity contribution in [1.82, 2.24) is 10.7 Å². The molecule has 2 amide bonds. The summed E-state index contributed by atoms with van der Waals surface area (Å²) in [7, 11) is 0. The minimum Gasteiger partial charge on any atom is -0.345 e. The summed E-state index contributed by atoms with van der Waals surface area (Å²) in [6.45, 7) is 1.86. The van der Waals surface area contributed by atoms with Crippen LogP contribution in [0.15, 0.2) is 77.9 Å². The molecule has 0 radical (unpaired) electrons. The molecule has 0 unspecified atom stereocenters. The van der Waals surface area contributed by atoms with Gasteiger partial charge in [-0.3, -0.25) is 9.59 Å². The average molecular weight is 335 g/mol. The summed E-state index contributed by atoms with van der Waals surface area (Å²) in [5.74, 6) is -0.498. The number of carbonyl (C=O) groups is 2. The van der Waals surface area contributed by atoms with Crippen molar-refractivity contribution in [1.29, 1.82) is 0 Å². The lowest BCUT2D eigenvalue weighted by molar-refractivity contribution is -0.121. The molecule has 0 saturated carbocycles. The monoisotopic (exact) mass is 335 g/mol. The number of carbonyl (C=O) groups excluding carboxylic acids is 2. The van der Waals surface area contributed by atoms with Crippen molar-refractivity contribution in [2.75, 3.05) is 0 Å². The van der Waals surface area contributed by atoms with Crippen LogP contribution >= 0.6 is 0 Å². The fourth-order valence-electron chi connectivity index (χ4n) is 2.24. The molecule has 25 heavy (non-hydrogen) atoms. The van der Waals surface area contributed by atoms with Gasteiger partial charge in [-0.25, -0.2) is 5.43 Å². The molecule has 2 aromatic rings. The molecule has 0 fully saturated rings. The quantitative estimate of drug-likeness (QED) is 0.602. The van der Waals surface area contributed by atoms with E-state index < -0.39 is 6.04 Å². The van der Waals surface area contributed by atoms with Crippen LogP contribution in [0.25, 0.3) is 0 Å². The third kappa shape index (κ3) is 6.06. The van der Waals surface area contributed by atoms with Gasteiger partial charge >= 0.3 is 0 Å². The third-order valence-electron chi connectivity index (χ3n) is 3.48. The number of allylic oxidation sites excluding steroid dienone is 2. The lowest BCUT2D eigenvalue weighted by atomic mass is 10.0. The Balaban J connectivity index is 2.08. The van der Waals surface area contributed by atoms with E-state index in [0.29, 0.717) is 5.56 Å². The first kappa shape index (κ1) is 18.1. The summed E-state index contributed by atoms with van der Waals surface area (Å²) in [5, 5.41) is 6.74. The second kappa shape index (κ2) is 9.82. The zero-order valence-electron chi connectivity index (χ0n) is 14.1. The number of benzene rings is 2. The minimum absolute atomic E-state index is 0.0930. The minimum atomic E-state index is -0.439. The van der Waals surface area contributed by atoms with Crippen LogP contribution in [0.5, 0.6) is 0 Å². The van der Waals surface area contributed by atoms with Gasteiger partial charge in [0.1, 0.15) is 0 Å². The second-order valence-corrected chi connectivity index (χ2v) is 5.35. The van der Waals surface area contributed by atoms with Crippen molar-refractivity contribution in [3.8, 4) is 0 Å². The van der Waals surface area contributed by atoms with Gasteiger partial charge in [-0.15, -0.1) is 0 Å². The molecule has 0 saturated heterocycles. The number of amides is 2. The first-order chi connectivity index (χ1) is 12.2.